The molecule has 0 atom stereocenters. The Morgan fingerprint density at radius 2 is 2.11 bits per heavy atom. The molecule has 0 radical (unpaired) electrons. The first-order valence-electron chi connectivity index (χ1n) is 4.98. The van der Waals surface area contributed by atoms with Crippen LogP contribution in [0, 0.1) is 0 Å². The molecule has 0 bridgehead atoms. The lowest BCUT2D eigenvalue weighted by Crippen LogP contribution is -2.24. The molecule has 2 amide bonds. The van der Waals surface area contributed by atoms with Crippen LogP contribution in [-0.2, 0) is 4.79 Å². The van der Waals surface area contributed by atoms with Gasteiger partial charge in [-0.05, 0) is 23.8 Å². The van der Waals surface area contributed by atoms with E-state index in [1.165, 1.54) is 20.2 Å². The van der Waals surface area contributed by atoms with Crippen molar-refractivity contribution < 1.29 is 19.1 Å². The summed E-state index contributed by atoms with van der Waals surface area (Å²) in [6.07, 6.45) is 1.36. The zero-order chi connectivity index (χ0) is 13.5. The average molecular weight is 251 g/mol. The largest absolute Gasteiger partial charge is 0.493 e. The lowest BCUT2D eigenvalue weighted by Gasteiger charge is -2.08. The van der Waals surface area contributed by atoms with Crippen LogP contribution in [-0.4, -0.2) is 25.3 Å². The van der Waals surface area contributed by atoms with Crippen molar-refractivity contribution in [2.45, 2.75) is 6.92 Å². The van der Waals surface area contributed by atoms with Crippen LogP contribution < -0.4 is 20.6 Å². The molecule has 7 heteroatoms. The minimum absolute atomic E-state index is 0.271. The molecule has 1 aromatic rings. The van der Waals surface area contributed by atoms with Crippen molar-refractivity contribution in [2.24, 2.45) is 10.8 Å². The van der Waals surface area contributed by atoms with Gasteiger partial charge < -0.3 is 15.2 Å². The van der Waals surface area contributed by atoms with E-state index < -0.39 is 12.0 Å². The molecule has 3 N–H and O–H groups in total. The number of rotatable bonds is 4. The van der Waals surface area contributed by atoms with E-state index in [-0.39, 0.29) is 5.75 Å². The maximum atomic E-state index is 10.9. The van der Waals surface area contributed by atoms with Gasteiger partial charge >= 0.3 is 12.0 Å². The maximum Gasteiger partial charge on any atom is 0.332 e. The molecule has 0 saturated carbocycles. The Hall–Kier alpha value is -2.57. The zero-order valence-corrected chi connectivity index (χ0v) is 9.97. The first kappa shape index (κ1) is 13.5. The molecule has 0 fully saturated rings. The Labute approximate surface area is 104 Å². The summed E-state index contributed by atoms with van der Waals surface area (Å²) in [5, 5.41) is 3.59. The summed E-state index contributed by atoms with van der Waals surface area (Å²) >= 11 is 0. The summed E-state index contributed by atoms with van der Waals surface area (Å²) in [4.78, 5) is 21.3. The summed E-state index contributed by atoms with van der Waals surface area (Å²) in [5.74, 6) is 0.232. The van der Waals surface area contributed by atoms with Gasteiger partial charge in [-0.3, -0.25) is 4.79 Å². The van der Waals surface area contributed by atoms with E-state index in [1.807, 2.05) is 0 Å². The van der Waals surface area contributed by atoms with Gasteiger partial charge in [-0.15, -0.1) is 0 Å². The van der Waals surface area contributed by atoms with Crippen LogP contribution in [0.5, 0.6) is 11.5 Å². The van der Waals surface area contributed by atoms with Crippen molar-refractivity contribution in [2.75, 3.05) is 7.11 Å². The highest BCUT2D eigenvalue weighted by Crippen LogP contribution is 2.27. The monoisotopic (exact) mass is 251 g/mol. The molecule has 0 aromatic heterocycles. The lowest BCUT2D eigenvalue weighted by atomic mass is 10.2. The van der Waals surface area contributed by atoms with Gasteiger partial charge in [0.2, 0.25) is 0 Å². The van der Waals surface area contributed by atoms with Crippen molar-refractivity contribution in [1.29, 1.82) is 0 Å². The van der Waals surface area contributed by atoms with Gasteiger partial charge in [0, 0.05) is 6.92 Å². The zero-order valence-electron chi connectivity index (χ0n) is 9.97. The number of amides is 2. The second-order valence-electron chi connectivity index (χ2n) is 3.24. The third-order valence-corrected chi connectivity index (χ3v) is 1.83. The van der Waals surface area contributed by atoms with Crippen LogP contribution in [0.2, 0.25) is 0 Å². The average Bonchev–Trinajstić information content (AvgIpc) is 2.28. The standard InChI is InChI=1S/C11H13N3O4/c1-7(15)18-10-5-8(3-4-9(10)17-2)6-13-14-11(12)16/h3-6H,1-2H3,(H3,12,14,16). The number of carbonyl (C=O) groups is 2. The molecule has 7 nitrogen and oxygen atoms in total. The summed E-state index contributed by atoms with van der Waals surface area (Å²) in [6.45, 7) is 1.29. The molecule has 1 rings (SSSR count). The summed E-state index contributed by atoms with van der Waals surface area (Å²) < 4.78 is 10.00. The molecule has 1 aromatic carbocycles. The highest BCUT2D eigenvalue weighted by atomic mass is 16.6. The van der Waals surface area contributed by atoms with Gasteiger partial charge in [-0.25, -0.2) is 10.2 Å². The Balaban J connectivity index is 2.91. The van der Waals surface area contributed by atoms with E-state index in [2.05, 4.69) is 10.5 Å². The molecule has 96 valence electrons. The first-order valence-corrected chi connectivity index (χ1v) is 4.98. The van der Waals surface area contributed by atoms with E-state index in [4.69, 9.17) is 15.2 Å². The number of hydrazone groups is 1. The second-order valence-corrected chi connectivity index (χ2v) is 3.24. The smallest absolute Gasteiger partial charge is 0.332 e. The van der Waals surface area contributed by atoms with Gasteiger partial charge in [0.1, 0.15) is 0 Å². The van der Waals surface area contributed by atoms with E-state index in [0.717, 1.165) is 0 Å². The quantitative estimate of drug-likeness (QED) is 0.354. The van der Waals surface area contributed by atoms with Crippen LogP contribution >= 0.6 is 0 Å². The predicted molar refractivity (Wildman–Crippen MR) is 64.6 cm³/mol. The maximum absolute atomic E-state index is 10.9. The van der Waals surface area contributed by atoms with E-state index in [1.54, 1.807) is 18.2 Å². The number of nitrogens with zero attached hydrogens (tertiary/aromatic N) is 1. The molecular weight excluding hydrogens is 238 g/mol. The molecule has 0 heterocycles. The highest BCUT2D eigenvalue weighted by molar-refractivity contribution is 5.83. The van der Waals surface area contributed by atoms with Gasteiger partial charge in [0.15, 0.2) is 11.5 Å². The number of benzene rings is 1. The van der Waals surface area contributed by atoms with Gasteiger partial charge in [0.05, 0.1) is 13.3 Å². The van der Waals surface area contributed by atoms with Crippen molar-refractivity contribution in [3.63, 3.8) is 0 Å². The number of primary amides is 1. The van der Waals surface area contributed by atoms with Crippen molar-refractivity contribution in [3.05, 3.63) is 23.8 Å². The molecule has 0 aliphatic heterocycles. The van der Waals surface area contributed by atoms with Crippen molar-refractivity contribution in [1.82, 2.24) is 5.43 Å². The molecule has 18 heavy (non-hydrogen) atoms. The van der Waals surface area contributed by atoms with Crippen LogP contribution in [0.4, 0.5) is 4.79 Å². The fraction of sp³-hybridized carbons (Fsp3) is 0.182. The van der Waals surface area contributed by atoms with Crippen LogP contribution in [0.3, 0.4) is 0 Å². The fourth-order valence-electron chi connectivity index (χ4n) is 1.18. The summed E-state index contributed by atoms with van der Waals surface area (Å²) in [6, 6.07) is 4.08. The minimum Gasteiger partial charge on any atom is -0.493 e. The molecule has 0 aliphatic rings. The van der Waals surface area contributed by atoms with E-state index >= 15 is 0 Å². The third-order valence-electron chi connectivity index (χ3n) is 1.83. The molecule has 0 saturated heterocycles. The van der Waals surface area contributed by atoms with Crippen molar-refractivity contribution in [3.8, 4) is 11.5 Å². The van der Waals surface area contributed by atoms with Gasteiger partial charge in [-0.1, -0.05) is 0 Å². The Bertz CT molecular complexity index is 485. The first-order chi connectivity index (χ1) is 8.52. The molecule has 0 aliphatic carbocycles. The normalized spacial score (nSPS) is 10.1. The predicted octanol–water partition coefficient (Wildman–Crippen LogP) is 0.623. The highest BCUT2D eigenvalue weighted by Gasteiger charge is 2.07. The molecular formula is C11H13N3O4. The number of urea groups is 1. The topological polar surface area (TPSA) is 103 Å². The fourth-order valence-corrected chi connectivity index (χ4v) is 1.18. The summed E-state index contributed by atoms with van der Waals surface area (Å²) in [7, 11) is 1.46. The number of hydrogen-bond acceptors (Lipinski definition) is 5. The number of methoxy groups -OCH3 is 1. The lowest BCUT2D eigenvalue weighted by molar-refractivity contribution is -0.132. The molecule has 0 unspecified atom stereocenters. The van der Waals surface area contributed by atoms with E-state index in [0.29, 0.717) is 11.3 Å². The van der Waals surface area contributed by atoms with Gasteiger partial charge in [-0.2, -0.15) is 5.10 Å². The van der Waals surface area contributed by atoms with Gasteiger partial charge in [0.25, 0.3) is 0 Å². The number of nitrogens with one attached hydrogen (secondary N) is 1. The Morgan fingerprint density at radius 3 is 2.67 bits per heavy atom. The van der Waals surface area contributed by atoms with Crippen molar-refractivity contribution >= 4 is 18.2 Å². The number of carbonyl (C=O) groups excluding carboxylic acids is 2. The Morgan fingerprint density at radius 1 is 1.39 bits per heavy atom. The van der Waals surface area contributed by atoms with Crippen LogP contribution in [0.1, 0.15) is 12.5 Å². The number of hydrogen-bond donors (Lipinski definition) is 2. The van der Waals surface area contributed by atoms with Crippen LogP contribution in [0.25, 0.3) is 0 Å². The van der Waals surface area contributed by atoms with E-state index in [9.17, 15) is 9.59 Å². The number of ether oxygens (including phenoxy) is 2. The minimum atomic E-state index is -0.764. The number of nitrogens with two attached hydrogens (primary N) is 1. The Kier molecular flexibility index (Phi) is 4.67. The second kappa shape index (κ2) is 6.24. The third kappa shape index (κ3) is 4.12. The summed E-state index contributed by atoms with van der Waals surface area (Å²) in [5.41, 5.74) is 7.51. The molecule has 0 spiro atoms. The van der Waals surface area contributed by atoms with Crippen LogP contribution in [0.15, 0.2) is 23.3 Å². The number of esters is 1. The SMILES string of the molecule is COc1ccc(C=NNC(N)=O)cc1OC(C)=O.